The van der Waals surface area contributed by atoms with Gasteiger partial charge in [-0.15, -0.1) is 0 Å². The Hall–Kier alpha value is -0.170. The van der Waals surface area contributed by atoms with E-state index >= 15 is 0 Å². The van der Waals surface area contributed by atoms with Crippen molar-refractivity contribution in [1.29, 1.82) is 0 Å². The summed E-state index contributed by atoms with van der Waals surface area (Å²) in [5.41, 5.74) is 0. The molecule has 1 N–H and O–H groups in total. The summed E-state index contributed by atoms with van der Waals surface area (Å²) < 4.78 is 32.0. The van der Waals surface area contributed by atoms with E-state index in [0.29, 0.717) is 6.10 Å². The summed E-state index contributed by atoms with van der Waals surface area (Å²) in [5.74, 6) is 0.165. The molecule has 0 unspecified atom stereocenters. The Bertz CT molecular complexity index is 434. The number of rotatable bonds is 15. The monoisotopic (exact) mass is 390 g/mol. The Morgan fingerprint density at radius 1 is 0.923 bits per heavy atom. The van der Waals surface area contributed by atoms with Gasteiger partial charge < -0.3 is 9.64 Å². The molecule has 1 rings (SSSR count). The zero-order valence-corrected chi connectivity index (χ0v) is 18.2. The highest BCUT2D eigenvalue weighted by molar-refractivity contribution is 7.89. The number of sulfonamides is 1. The van der Waals surface area contributed by atoms with E-state index in [0.717, 1.165) is 38.7 Å². The Morgan fingerprint density at radius 3 is 2.15 bits per heavy atom. The summed E-state index contributed by atoms with van der Waals surface area (Å²) in [4.78, 5) is 2.46. The largest absolute Gasteiger partial charge is 0.378 e. The molecule has 1 aliphatic rings. The summed E-state index contributed by atoms with van der Waals surface area (Å²) in [5, 5.41) is 0. The predicted octanol–water partition coefficient (Wildman–Crippen LogP) is 3.94. The average Bonchev–Trinajstić information content (AvgIpc) is 2.62. The van der Waals surface area contributed by atoms with Gasteiger partial charge in [0.1, 0.15) is 0 Å². The van der Waals surface area contributed by atoms with E-state index in [1.165, 1.54) is 51.6 Å². The highest BCUT2D eigenvalue weighted by Gasteiger charge is 2.24. The Kier molecular flexibility index (Phi) is 12.8. The SMILES string of the molecule is CCCCCN(C)CCCCCCOC1CCC(NS(=O)(=O)CC)CC1. The first kappa shape index (κ1) is 23.9. The Morgan fingerprint density at radius 2 is 1.54 bits per heavy atom. The van der Waals surface area contributed by atoms with Crippen LogP contribution in [0.2, 0.25) is 0 Å². The van der Waals surface area contributed by atoms with E-state index in [4.69, 9.17) is 4.74 Å². The number of ether oxygens (including phenoxy) is 1. The van der Waals surface area contributed by atoms with E-state index in [9.17, 15) is 8.42 Å². The van der Waals surface area contributed by atoms with Gasteiger partial charge in [0.25, 0.3) is 0 Å². The average molecular weight is 391 g/mol. The topological polar surface area (TPSA) is 58.6 Å². The van der Waals surface area contributed by atoms with Crippen LogP contribution >= 0.6 is 0 Å². The second kappa shape index (κ2) is 13.9. The maximum absolute atomic E-state index is 11.6. The van der Waals surface area contributed by atoms with Crippen molar-refractivity contribution in [2.75, 3.05) is 32.5 Å². The predicted molar refractivity (Wildman–Crippen MR) is 110 cm³/mol. The summed E-state index contributed by atoms with van der Waals surface area (Å²) in [7, 11) is -0.842. The van der Waals surface area contributed by atoms with Crippen molar-refractivity contribution in [2.45, 2.75) is 96.6 Å². The van der Waals surface area contributed by atoms with Crippen LogP contribution in [0.4, 0.5) is 0 Å². The van der Waals surface area contributed by atoms with E-state index in [2.05, 4.69) is 23.6 Å². The first-order valence-electron chi connectivity index (χ1n) is 10.8. The summed E-state index contributed by atoms with van der Waals surface area (Å²) >= 11 is 0. The molecule has 0 saturated heterocycles. The van der Waals surface area contributed by atoms with Gasteiger partial charge in [-0.25, -0.2) is 13.1 Å². The molecule has 0 spiro atoms. The van der Waals surface area contributed by atoms with Gasteiger partial charge in [0.15, 0.2) is 0 Å². The third-order valence-corrected chi connectivity index (χ3v) is 6.78. The second-order valence-electron chi connectivity index (χ2n) is 7.79. The number of hydrogen-bond donors (Lipinski definition) is 1. The van der Waals surface area contributed by atoms with Gasteiger partial charge in [0.05, 0.1) is 11.9 Å². The zero-order valence-electron chi connectivity index (χ0n) is 17.3. The molecule has 6 heteroatoms. The molecular formula is C20H42N2O3S. The van der Waals surface area contributed by atoms with Gasteiger partial charge in [0, 0.05) is 12.6 Å². The van der Waals surface area contributed by atoms with Crippen LogP contribution in [0.1, 0.15) is 84.5 Å². The van der Waals surface area contributed by atoms with Crippen LogP contribution in [0.25, 0.3) is 0 Å². The Balaban J connectivity index is 1.95. The maximum atomic E-state index is 11.6. The molecule has 0 aromatic carbocycles. The number of nitrogens with zero attached hydrogens (tertiary/aromatic N) is 1. The van der Waals surface area contributed by atoms with E-state index < -0.39 is 10.0 Å². The lowest BCUT2D eigenvalue weighted by Crippen LogP contribution is -2.39. The molecule has 0 aliphatic heterocycles. The van der Waals surface area contributed by atoms with Crippen LogP contribution in [0.15, 0.2) is 0 Å². The van der Waals surface area contributed by atoms with Crippen LogP contribution in [-0.2, 0) is 14.8 Å². The lowest BCUT2D eigenvalue weighted by Gasteiger charge is -2.28. The molecule has 0 radical (unpaired) electrons. The number of hydrogen-bond acceptors (Lipinski definition) is 4. The minimum atomic E-state index is -3.07. The first-order chi connectivity index (χ1) is 12.5. The van der Waals surface area contributed by atoms with Crippen LogP contribution in [0, 0.1) is 0 Å². The fourth-order valence-corrected chi connectivity index (χ4v) is 4.43. The number of unbranched alkanes of at least 4 members (excludes halogenated alkanes) is 5. The molecule has 26 heavy (non-hydrogen) atoms. The lowest BCUT2D eigenvalue weighted by atomic mass is 9.94. The molecule has 1 saturated carbocycles. The van der Waals surface area contributed by atoms with Crippen molar-refractivity contribution in [3.05, 3.63) is 0 Å². The molecule has 0 heterocycles. The van der Waals surface area contributed by atoms with Gasteiger partial charge in [-0.1, -0.05) is 32.6 Å². The minimum Gasteiger partial charge on any atom is -0.378 e. The minimum absolute atomic E-state index is 0.106. The fraction of sp³-hybridized carbons (Fsp3) is 1.00. The van der Waals surface area contributed by atoms with Gasteiger partial charge >= 0.3 is 0 Å². The van der Waals surface area contributed by atoms with E-state index in [-0.39, 0.29) is 11.8 Å². The van der Waals surface area contributed by atoms with Gasteiger partial charge in [-0.3, -0.25) is 0 Å². The van der Waals surface area contributed by atoms with Crippen molar-refractivity contribution >= 4 is 10.0 Å². The third kappa shape index (κ3) is 11.5. The standard InChI is InChI=1S/C20H42N2O3S/c1-4-6-9-16-22(3)17-10-7-8-11-18-25-20-14-12-19(13-15-20)21-26(23,24)5-2/h19-21H,4-18H2,1-3H3. The van der Waals surface area contributed by atoms with Crippen LogP contribution in [0.3, 0.4) is 0 Å². The number of nitrogens with one attached hydrogen (secondary N) is 1. The molecule has 0 aromatic rings. The van der Waals surface area contributed by atoms with Crippen LogP contribution in [0.5, 0.6) is 0 Å². The Labute approximate surface area is 162 Å². The fourth-order valence-electron chi connectivity index (χ4n) is 3.52. The molecule has 0 bridgehead atoms. The smallest absolute Gasteiger partial charge is 0.211 e. The first-order valence-corrected chi connectivity index (χ1v) is 12.4. The van der Waals surface area contributed by atoms with Crippen molar-refractivity contribution in [2.24, 2.45) is 0 Å². The summed E-state index contributed by atoms with van der Waals surface area (Å²) in [6.07, 6.45) is 13.0. The summed E-state index contributed by atoms with van der Waals surface area (Å²) in [6, 6.07) is 0.106. The second-order valence-corrected chi connectivity index (χ2v) is 9.83. The lowest BCUT2D eigenvalue weighted by molar-refractivity contribution is 0.0220. The van der Waals surface area contributed by atoms with Crippen LogP contribution in [-0.4, -0.2) is 58.0 Å². The van der Waals surface area contributed by atoms with E-state index in [1.54, 1.807) is 6.92 Å². The quantitative estimate of drug-likeness (QED) is 0.430. The van der Waals surface area contributed by atoms with Gasteiger partial charge in [0.2, 0.25) is 10.0 Å². The van der Waals surface area contributed by atoms with Gasteiger partial charge in [-0.2, -0.15) is 0 Å². The van der Waals surface area contributed by atoms with Crippen molar-refractivity contribution in [3.63, 3.8) is 0 Å². The molecular weight excluding hydrogens is 348 g/mol. The van der Waals surface area contributed by atoms with Crippen molar-refractivity contribution in [1.82, 2.24) is 9.62 Å². The van der Waals surface area contributed by atoms with Crippen molar-refractivity contribution in [3.8, 4) is 0 Å². The third-order valence-electron chi connectivity index (χ3n) is 5.33. The molecule has 5 nitrogen and oxygen atoms in total. The van der Waals surface area contributed by atoms with E-state index in [1.807, 2.05) is 0 Å². The van der Waals surface area contributed by atoms with Crippen LogP contribution < -0.4 is 4.72 Å². The normalized spacial score (nSPS) is 21.4. The molecule has 1 aliphatic carbocycles. The van der Waals surface area contributed by atoms with Crippen molar-refractivity contribution < 1.29 is 13.2 Å². The molecule has 0 atom stereocenters. The molecule has 0 amide bonds. The van der Waals surface area contributed by atoms with Gasteiger partial charge in [-0.05, 0) is 72.0 Å². The maximum Gasteiger partial charge on any atom is 0.211 e. The molecule has 0 aromatic heterocycles. The molecule has 1 fully saturated rings. The summed E-state index contributed by atoms with van der Waals surface area (Å²) in [6.45, 7) is 7.22. The highest BCUT2D eigenvalue weighted by Crippen LogP contribution is 2.22. The zero-order chi connectivity index (χ0) is 19.3. The highest BCUT2D eigenvalue weighted by atomic mass is 32.2. The molecule has 156 valence electrons.